The van der Waals surface area contributed by atoms with Gasteiger partial charge >= 0.3 is 0 Å². The van der Waals surface area contributed by atoms with Crippen molar-refractivity contribution in [2.24, 2.45) is 7.05 Å². The Hall–Kier alpha value is -2.18. The molecule has 3 aromatic rings. The van der Waals surface area contributed by atoms with Crippen molar-refractivity contribution in [1.82, 2.24) is 14.9 Å². The number of methoxy groups -OCH3 is 1. The van der Waals surface area contributed by atoms with Crippen molar-refractivity contribution in [2.45, 2.75) is 12.6 Å². The second-order valence-corrected chi connectivity index (χ2v) is 6.63. The smallest absolute Gasteiger partial charge is 0.130 e. The van der Waals surface area contributed by atoms with E-state index >= 15 is 0 Å². The number of benzene rings is 2. The van der Waals surface area contributed by atoms with Crippen molar-refractivity contribution in [2.75, 3.05) is 7.11 Å². The lowest BCUT2D eigenvalue weighted by atomic mass is 10.1. The van der Waals surface area contributed by atoms with Crippen LogP contribution < -0.4 is 10.1 Å². The van der Waals surface area contributed by atoms with E-state index in [9.17, 15) is 4.39 Å². The fourth-order valence-electron chi connectivity index (χ4n) is 2.77. The lowest BCUT2D eigenvalue weighted by Gasteiger charge is -2.20. The Kier molecular flexibility index (Phi) is 5.50. The topological polar surface area (TPSA) is 39.1 Å². The van der Waals surface area contributed by atoms with Crippen molar-refractivity contribution in [3.63, 3.8) is 0 Å². The summed E-state index contributed by atoms with van der Waals surface area (Å²) in [6.07, 6.45) is 3.65. The summed E-state index contributed by atoms with van der Waals surface area (Å²) in [5.41, 5.74) is 1.97. The second kappa shape index (κ2) is 7.80. The number of hydrogen-bond acceptors (Lipinski definition) is 3. The number of nitrogens with one attached hydrogen (secondary N) is 1. The molecule has 0 aliphatic heterocycles. The first-order chi connectivity index (χ1) is 12.1. The number of ether oxygens (including phenoxy) is 1. The Labute approximate surface area is 154 Å². The van der Waals surface area contributed by atoms with Crippen molar-refractivity contribution in [3.8, 4) is 5.75 Å². The zero-order valence-corrected chi connectivity index (χ0v) is 15.6. The monoisotopic (exact) mass is 403 g/mol. The van der Waals surface area contributed by atoms with Gasteiger partial charge in [-0.3, -0.25) is 5.32 Å². The standard InChI is InChI=1S/C19H19BrFN3O/c1-24-10-9-22-19(24)18(13-3-6-16(21)7-4-13)23-12-14-11-15(20)5-8-17(14)25-2/h3-11,18,23H,12H2,1-2H3/t18-/m1/s1. The van der Waals surface area contributed by atoms with E-state index in [0.717, 1.165) is 27.2 Å². The minimum absolute atomic E-state index is 0.163. The van der Waals surface area contributed by atoms with Gasteiger partial charge < -0.3 is 9.30 Å². The molecule has 0 aliphatic carbocycles. The molecule has 1 heterocycles. The second-order valence-electron chi connectivity index (χ2n) is 5.72. The Bertz CT molecular complexity index is 848. The van der Waals surface area contributed by atoms with Crippen LogP contribution in [-0.2, 0) is 13.6 Å². The fraction of sp³-hybridized carbons (Fsp3) is 0.211. The molecule has 1 N–H and O–H groups in total. The first-order valence-corrected chi connectivity index (χ1v) is 8.66. The van der Waals surface area contributed by atoms with Gasteiger partial charge in [0.25, 0.3) is 0 Å². The molecule has 0 unspecified atom stereocenters. The van der Waals surface area contributed by atoms with Gasteiger partial charge in [0.1, 0.15) is 17.4 Å². The Morgan fingerprint density at radius 2 is 2.00 bits per heavy atom. The van der Waals surface area contributed by atoms with Gasteiger partial charge in [0, 0.05) is 36.0 Å². The molecule has 3 rings (SSSR count). The molecular weight excluding hydrogens is 385 g/mol. The normalized spacial score (nSPS) is 12.2. The van der Waals surface area contributed by atoms with Gasteiger partial charge in [0.05, 0.1) is 13.2 Å². The van der Waals surface area contributed by atoms with Crippen LogP contribution in [-0.4, -0.2) is 16.7 Å². The molecule has 0 fully saturated rings. The van der Waals surface area contributed by atoms with Gasteiger partial charge in [-0.25, -0.2) is 9.37 Å². The number of hydrogen-bond donors (Lipinski definition) is 1. The number of nitrogens with zero attached hydrogens (tertiary/aromatic N) is 2. The number of halogens is 2. The molecule has 0 amide bonds. The Morgan fingerprint density at radius 3 is 2.64 bits per heavy atom. The molecule has 1 aromatic heterocycles. The maximum atomic E-state index is 13.3. The van der Waals surface area contributed by atoms with Crippen LogP contribution in [0, 0.1) is 5.82 Å². The number of aromatic nitrogens is 2. The quantitative estimate of drug-likeness (QED) is 0.669. The maximum Gasteiger partial charge on any atom is 0.130 e. The summed E-state index contributed by atoms with van der Waals surface area (Å²) in [5.74, 6) is 1.42. The summed E-state index contributed by atoms with van der Waals surface area (Å²) >= 11 is 3.49. The minimum Gasteiger partial charge on any atom is -0.496 e. The zero-order chi connectivity index (χ0) is 17.8. The third kappa shape index (κ3) is 4.08. The predicted octanol–water partition coefficient (Wildman–Crippen LogP) is 4.21. The molecular formula is C19H19BrFN3O. The van der Waals surface area contributed by atoms with Crippen LogP contribution in [0.3, 0.4) is 0 Å². The van der Waals surface area contributed by atoms with Gasteiger partial charge in [0.2, 0.25) is 0 Å². The summed E-state index contributed by atoms with van der Waals surface area (Å²) in [6.45, 7) is 0.581. The maximum absolute atomic E-state index is 13.3. The van der Waals surface area contributed by atoms with E-state index < -0.39 is 0 Å². The van der Waals surface area contributed by atoms with Crippen LogP contribution in [0.5, 0.6) is 5.75 Å². The van der Waals surface area contributed by atoms with Gasteiger partial charge in [-0.2, -0.15) is 0 Å². The summed E-state index contributed by atoms with van der Waals surface area (Å²) < 4.78 is 21.7. The van der Waals surface area contributed by atoms with E-state index in [4.69, 9.17) is 4.74 Å². The highest BCUT2D eigenvalue weighted by atomic mass is 79.9. The molecule has 0 spiro atoms. The molecule has 0 radical (unpaired) electrons. The Balaban J connectivity index is 1.90. The van der Waals surface area contributed by atoms with Crippen LogP contribution >= 0.6 is 15.9 Å². The molecule has 2 aromatic carbocycles. The molecule has 130 valence electrons. The van der Waals surface area contributed by atoms with Gasteiger partial charge in [-0.15, -0.1) is 0 Å². The summed E-state index contributed by atoms with van der Waals surface area (Å²) in [7, 11) is 3.60. The van der Waals surface area contributed by atoms with Crippen LogP contribution in [0.2, 0.25) is 0 Å². The molecule has 1 atom stereocenters. The van der Waals surface area contributed by atoms with Crippen LogP contribution in [0.25, 0.3) is 0 Å². The van der Waals surface area contributed by atoms with Gasteiger partial charge in [-0.05, 0) is 35.9 Å². The Morgan fingerprint density at radius 1 is 1.24 bits per heavy atom. The van der Waals surface area contributed by atoms with Crippen LogP contribution in [0.15, 0.2) is 59.3 Å². The average Bonchev–Trinajstić information content (AvgIpc) is 3.03. The molecule has 4 nitrogen and oxygen atoms in total. The number of rotatable bonds is 6. The van der Waals surface area contributed by atoms with E-state index in [0.29, 0.717) is 6.54 Å². The third-order valence-electron chi connectivity index (χ3n) is 4.06. The third-order valence-corrected chi connectivity index (χ3v) is 4.55. The molecule has 0 saturated carbocycles. The molecule has 0 bridgehead atoms. The number of imidazole rings is 1. The van der Waals surface area contributed by atoms with Crippen molar-refractivity contribution >= 4 is 15.9 Å². The lowest BCUT2D eigenvalue weighted by Crippen LogP contribution is -2.25. The molecule has 25 heavy (non-hydrogen) atoms. The summed E-state index contributed by atoms with van der Waals surface area (Å²) in [5, 5.41) is 3.51. The molecule has 6 heteroatoms. The SMILES string of the molecule is COc1ccc(Br)cc1CN[C@H](c1ccc(F)cc1)c1nccn1C. The fourth-order valence-corrected chi connectivity index (χ4v) is 3.17. The van der Waals surface area contributed by atoms with Crippen LogP contribution in [0.1, 0.15) is 23.0 Å². The van der Waals surface area contributed by atoms with Gasteiger partial charge in [0.15, 0.2) is 0 Å². The predicted molar refractivity (Wildman–Crippen MR) is 99.0 cm³/mol. The number of aryl methyl sites for hydroxylation is 1. The van der Waals surface area contributed by atoms with E-state index in [-0.39, 0.29) is 11.9 Å². The summed E-state index contributed by atoms with van der Waals surface area (Å²) in [6, 6.07) is 12.2. The van der Waals surface area contributed by atoms with E-state index in [2.05, 4.69) is 26.2 Å². The zero-order valence-electron chi connectivity index (χ0n) is 14.0. The van der Waals surface area contributed by atoms with Crippen molar-refractivity contribution in [1.29, 1.82) is 0 Å². The highest BCUT2D eigenvalue weighted by molar-refractivity contribution is 9.10. The first kappa shape index (κ1) is 17.6. The molecule has 0 aliphatic rings. The molecule has 0 saturated heterocycles. The average molecular weight is 404 g/mol. The minimum atomic E-state index is -0.254. The van der Waals surface area contributed by atoms with E-state index in [1.807, 2.05) is 36.0 Å². The highest BCUT2D eigenvalue weighted by Crippen LogP contribution is 2.26. The largest absolute Gasteiger partial charge is 0.496 e. The highest BCUT2D eigenvalue weighted by Gasteiger charge is 2.18. The lowest BCUT2D eigenvalue weighted by molar-refractivity contribution is 0.406. The van der Waals surface area contributed by atoms with Gasteiger partial charge in [-0.1, -0.05) is 28.1 Å². The van der Waals surface area contributed by atoms with Crippen LogP contribution in [0.4, 0.5) is 4.39 Å². The first-order valence-electron chi connectivity index (χ1n) is 7.87. The van der Waals surface area contributed by atoms with Crippen molar-refractivity contribution < 1.29 is 9.13 Å². The van der Waals surface area contributed by atoms with E-state index in [1.165, 1.54) is 12.1 Å². The van der Waals surface area contributed by atoms with Crippen molar-refractivity contribution in [3.05, 3.63) is 82.1 Å². The van der Waals surface area contributed by atoms with E-state index in [1.54, 1.807) is 25.4 Å². The summed E-state index contributed by atoms with van der Waals surface area (Å²) in [4.78, 5) is 4.45.